The topological polar surface area (TPSA) is 34.5 Å². The van der Waals surface area contributed by atoms with Crippen LogP contribution in [-0.4, -0.2) is 22.1 Å². The van der Waals surface area contributed by atoms with Gasteiger partial charge in [0.05, 0.1) is 0 Å². The van der Waals surface area contributed by atoms with Crippen molar-refractivity contribution in [1.29, 1.82) is 0 Å². The number of aryl methyl sites for hydroxylation is 1. The highest BCUT2D eigenvalue weighted by Crippen LogP contribution is 2.67. The van der Waals surface area contributed by atoms with Crippen molar-refractivity contribution in [3.63, 3.8) is 0 Å². The zero-order valence-corrected chi connectivity index (χ0v) is 16.6. The molecule has 3 aliphatic rings. The van der Waals surface area contributed by atoms with Crippen molar-refractivity contribution in [3.8, 4) is 5.69 Å². The first-order valence-electron chi connectivity index (χ1n) is 10.5. The predicted octanol–water partition coefficient (Wildman–Crippen LogP) is 5.30. The molecule has 6 rings (SSSR count). The molecule has 150 valence electrons. The number of rotatable bonds is 5. The van der Waals surface area contributed by atoms with E-state index in [9.17, 15) is 9.18 Å². The third-order valence-corrected chi connectivity index (χ3v) is 7.23. The molecule has 3 nitrogen and oxygen atoms in total. The molecular formula is C26H22FNO2. The van der Waals surface area contributed by atoms with Gasteiger partial charge < -0.3 is 9.30 Å². The summed E-state index contributed by atoms with van der Waals surface area (Å²) >= 11 is 0. The molecule has 2 aromatic carbocycles. The largest absolute Gasteiger partial charge is 0.357 e. The van der Waals surface area contributed by atoms with Crippen LogP contribution in [0.3, 0.4) is 0 Å². The van der Waals surface area contributed by atoms with E-state index in [0.29, 0.717) is 0 Å². The Morgan fingerprint density at radius 2 is 1.93 bits per heavy atom. The van der Waals surface area contributed by atoms with Crippen molar-refractivity contribution in [1.82, 2.24) is 4.57 Å². The Morgan fingerprint density at radius 3 is 2.77 bits per heavy atom. The predicted molar refractivity (Wildman–Crippen MR) is 113 cm³/mol. The lowest BCUT2D eigenvalue weighted by molar-refractivity contribution is 0.112. The number of fused-ring (bicyclic) bond motifs is 1. The van der Waals surface area contributed by atoms with Gasteiger partial charge in [0.25, 0.3) is 0 Å². The Kier molecular flexibility index (Phi) is 3.72. The first kappa shape index (κ1) is 17.8. The van der Waals surface area contributed by atoms with Crippen LogP contribution in [0.15, 0.2) is 66.4 Å². The van der Waals surface area contributed by atoms with Crippen molar-refractivity contribution in [2.45, 2.75) is 43.3 Å². The van der Waals surface area contributed by atoms with Crippen molar-refractivity contribution in [2.75, 3.05) is 0 Å². The van der Waals surface area contributed by atoms with Gasteiger partial charge in [-0.25, -0.2) is 4.39 Å². The molecule has 0 bridgehead atoms. The number of ether oxygens (including phenoxy) is 1. The molecule has 3 aromatic rings. The standard InChI is InChI=1S/C26H22FNO2/c27-22-5-7-23(8-6-22)28-14-11-19-16-26-21(15-24(19)28)10-13-25(26,30-26)12-9-18-3-1-2-4-20(18)17-29/h1-8,11,14-15,17H,9-10,12-13,16H2/t25-,26?/m0/s1. The summed E-state index contributed by atoms with van der Waals surface area (Å²) in [5, 5.41) is 0. The van der Waals surface area contributed by atoms with E-state index in [2.05, 4.69) is 22.9 Å². The molecular weight excluding hydrogens is 377 g/mol. The van der Waals surface area contributed by atoms with Crippen LogP contribution in [0, 0.1) is 5.82 Å². The second kappa shape index (κ2) is 6.26. The van der Waals surface area contributed by atoms with Gasteiger partial charge in [0.2, 0.25) is 0 Å². The average Bonchev–Trinajstić information content (AvgIpc) is 3.04. The first-order chi connectivity index (χ1) is 14.6. The molecule has 1 aliphatic heterocycles. The average molecular weight is 399 g/mol. The zero-order chi connectivity index (χ0) is 20.3. The number of carbonyl (C=O) groups is 1. The minimum absolute atomic E-state index is 0.107. The van der Waals surface area contributed by atoms with Crippen LogP contribution in [0.2, 0.25) is 0 Å². The van der Waals surface area contributed by atoms with Crippen LogP contribution in [-0.2, 0) is 17.6 Å². The van der Waals surface area contributed by atoms with E-state index in [1.807, 2.05) is 36.4 Å². The number of hydrogen-bond acceptors (Lipinski definition) is 2. The monoisotopic (exact) mass is 399 g/mol. The molecule has 2 heterocycles. The smallest absolute Gasteiger partial charge is 0.150 e. The zero-order valence-electron chi connectivity index (χ0n) is 16.6. The van der Waals surface area contributed by atoms with Crippen LogP contribution >= 0.6 is 0 Å². The Balaban J connectivity index is 1.28. The SMILES string of the molecule is O=Cc1ccccc1CC[C@]12CCC3=Cc4c(ccn4-c4ccc(F)cc4)CC31O2. The molecule has 1 unspecified atom stereocenters. The van der Waals surface area contributed by atoms with Crippen LogP contribution in [0.5, 0.6) is 0 Å². The van der Waals surface area contributed by atoms with Gasteiger partial charge in [0.15, 0.2) is 0 Å². The minimum Gasteiger partial charge on any atom is -0.357 e. The van der Waals surface area contributed by atoms with E-state index in [1.165, 1.54) is 29.0 Å². The van der Waals surface area contributed by atoms with Crippen molar-refractivity contribution < 1.29 is 13.9 Å². The van der Waals surface area contributed by atoms with Gasteiger partial charge in [-0.05, 0) is 78.8 Å². The van der Waals surface area contributed by atoms with Crippen LogP contribution in [0.25, 0.3) is 11.8 Å². The lowest BCUT2D eigenvalue weighted by atomic mass is 9.80. The maximum Gasteiger partial charge on any atom is 0.150 e. The second-order valence-corrected chi connectivity index (χ2v) is 8.66. The van der Waals surface area contributed by atoms with Crippen molar-refractivity contribution in [2.24, 2.45) is 0 Å². The normalized spacial score (nSPS) is 25.8. The quantitative estimate of drug-likeness (QED) is 0.431. The number of nitrogens with zero attached hydrogens (tertiary/aromatic N) is 1. The summed E-state index contributed by atoms with van der Waals surface area (Å²) in [6.45, 7) is 0. The molecule has 1 spiro atoms. The maximum atomic E-state index is 13.3. The Morgan fingerprint density at radius 1 is 1.10 bits per heavy atom. The number of aldehydes is 1. The van der Waals surface area contributed by atoms with E-state index >= 15 is 0 Å². The summed E-state index contributed by atoms with van der Waals surface area (Å²) in [6, 6.07) is 16.6. The molecule has 30 heavy (non-hydrogen) atoms. The highest BCUT2D eigenvalue weighted by molar-refractivity contribution is 5.77. The second-order valence-electron chi connectivity index (χ2n) is 8.66. The fraction of sp³-hybridized carbons (Fsp3) is 0.269. The van der Waals surface area contributed by atoms with E-state index in [0.717, 1.165) is 55.2 Å². The van der Waals surface area contributed by atoms with Gasteiger partial charge in [0, 0.05) is 29.6 Å². The molecule has 2 atom stereocenters. The van der Waals surface area contributed by atoms with Crippen LogP contribution in [0.4, 0.5) is 4.39 Å². The van der Waals surface area contributed by atoms with Gasteiger partial charge in [-0.3, -0.25) is 4.79 Å². The molecule has 1 saturated heterocycles. The summed E-state index contributed by atoms with van der Waals surface area (Å²) < 4.78 is 22.0. The maximum absolute atomic E-state index is 13.3. The molecule has 1 aromatic heterocycles. The highest BCUT2D eigenvalue weighted by atomic mass is 19.1. The van der Waals surface area contributed by atoms with Crippen LogP contribution < -0.4 is 0 Å². The summed E-state index contributed by atoms with van der Waals surface area (Å²) in [4.78, 5) is 11.4. The van der Waals surface area contributed by atoms with Crippen molar-refractivity contribution >= 4 is 12.4 Å². The molecule has 0 radical (unpaired) electrons. The fourth-order valence-corrected chi connectivity index (χ4v) is 5.61. The molecule has 0 amide bonds. The highest BCUT2D eigenvalue weighted by Gasteiger charge is 2.74. The third-order valence-electron chi connectivity index (χ3n) is 7.23. The van der Waals surface area contributed by atoms with Crippen LogP contribution in [0.1, 0.15) is 46.4 Å². The lowest BCUT2D eigenvalue weighted by Gasteiger charge is -2.21. The van der Waals surface area contributed by atoms with Gasteiger partial charge >= 0.3 is 0 Å². The van der Waals surface area contributed by atoms with E-state index in [4.69, 9.17) is 4.74 Å². The summed E-state index contributed by atoms with van der Waals surface area (Å²) in [7, 11) is 0. The molecule has 1 saturated carbocycles. The van der Waals surface area contributed by atoms with Gasteiger partial charge in [-0.15, -0.1) is 0 Å². The van der Waals surface area contributed by atoms with E-state index < -0.39 is 0 Å². The van der Waals surface area contributed by atoms with Gasteiger partial charge in [-0.2, -0.15) is 0 Å². The number of carbonyl (C=O) groups excluding carboxylic acids is 1. The Hall–Kier alpha value is -2.98. The van der Waals surface area contributed by atoms with Gasteiger partial charge in [-0.1, -0.05) is 24.3 Å². The number of epoxide rings is 1. The first-order valence-corrected chi connectivity index (χ1v) is 10.5. The van der Waals surface area contributed by atoms with E-state index in [-0.39, 0.29) is 17.0 Å². The molecule has 0 N–H and O–H groups in total. The summed E-state index contributed by atoms with van der Waals surface area (Å²) in [5.41, 5.74) is 6.40. The number of hydrogen-bond donors (Lipinski definition) is 0. The fourth-order valence-electron chi connectivity index (χ4n) is 5.61. The Bertz CT molecular complexity index is 1190. The number of benzene rings is 2. The summed E-state index contributed by atoms with van der Waals surface area (Å²) in [6.07, 6.45) is 10.1. The van der Waals surface area contributed by atoms with Gasteiger partial charge in [0.1, 0.15) is 23.3 Å². The minimum atomic E-state index is -0.222. The van der Waals surface area contributed by atoms with Crippen molar-refractivity contribution in [3.05, 3.63) is 94.6 Å². The number of halogens is 1. The third kappa shape index (κ3) is 2.43. The Labute approximate surface area is 174 Å². The number of aromatic nitrogens is 1. The summed E-state index contributed by atoms with van der Waals surface area (Å²) in [5.74, 6) is -0.222. The molecule has 4 heteroatoms. The van der Waals surface area contributed by atoms with E-state index in [1.54, 1.807) is 0 Å². The molecule has 2 fully saturated rings. The lowest BCUT2D eigenvalue weighted by Crippen LogP contribution is -2.27. The molecule has 2 aliphatic carbocycles.